The van der Waals surface area contributed by atoms with E-state index in [-0.39, 0.29) is 18.5 Å². The summed E-state index contributed by atoms with van der Waals surface area (Å²) < 4.78 is 5.47. The number of ether oxygens (including phenoxy) is 1. The molecule has 436 valence electrons. The van der Waals surface area contributed by atoms with Crippen molar-refractivity contribution in [3.05, 3.63) is 36.5 Å². The molecule has 1 amide bonds. The molecule has 0 radical (unpaired) electrons. The van der Waals surface area contributed by atoms with E-state index in [0.717, 1.165) is 44.9 Å². The first-order chi connectivity index (χ1) is 36.5. The van der Waals surface area contributed by atoms with Gasteiger partial charge in [-0.05, 0) is 64.2 Å². The number of amides is 1. The molecule has 74 heavy (non-hydrogen) atoms. The van der Waals surface area contributed by atoms with Crippen LogP contribution in [-0.4, -0.2) is 47.4 Å². The molecule has 0 aromatic rings. The van der Waals surface area contributed by atoms with Crippen LogP contribution in [0.25, 0.3) is 0 Å². The summed E-state index contributed by atoms with van der Waals surface area (Å²) in [6.45, 7) is 4.91. The number of esters is 1. The molecule has 0 heterocycles. The Hall–Kier alpha value is -1.92. The Labute approximate surface area is 462 Å². The van der Waals surface area contributed by atoms with Gasteiger partial charge in [0.05, 0.1) is 25.4 Å². The summed E-state index contributed by atoms with van der Waals surface area (Å²) in [5.74, 6) is -0.0515. The fourth-order valence-electron chi connectivity index (χ4n) is 10.3. The lowest BCUT2D eigenvalue weighted by molar-refractivity contribution is -0.143. The second-order valence-corrected chi connectivity index (χ2v) is 22.8. The Balaban J connectivity index is 3.39. The molecule has 6 nitrogen and oxygen atoms in total. The Bertz CT molecular complexity index is 1200. The molecule has 0 fully saturated rings. The smallest absolute Gasteiger partial charge is 0.305 e. The Kier molecular flexibility index (Phi) is 62.0. The number of carbonyl (C=O) groups is 2. The first-order valence-electron chi connectivity index (χ1n) is 33.3. The van der Waals surface area contributed by atoms with Gasteiger partial charge in [0.1, 0.15) is 0 Å². The lowest BCUT2D eigenvalue weighted by Gasteiger charge is -2.20. The topological polar surface area (TPSA) is 95.9 Å². The highest BCUT2D eigenvalue weighted by atomic mass is 16.5. The third-order valence-corrected chi connectivity index (χ3v) is 15.4. The minimum atomic E-state index is -0.842. The zero-order valence-electron chi connectivity index (χ0n) is 49.8. The van der Waals surface area contributed by atoms with Gasteiger partial charge in [-0.15, -0.1) is 0 Å². The Morgan fingerprint density at radius 3 is 1.03 bits per heavy atom. The average molecular weight is 1040 g/mol. The summed E-state index contributed by atoms with van der Waals surface area (Å²) in [7, 11) is 0. The molecular formula is C68H129NO5. The van der Waals surface area contributed by atoms with Crippen LogP contribution in [-0.2, 0) is 14.3 Å². The van der Waals surface area contributed by atoms with Crippen LogP contribution in [0.15, 0.2) is 36.5 Å². The maximum absolute atomic E-state index is 12.5. The van der Waals surface area contributed by atoms with E-state index < -0.39 is 12.1 Å². The zero-order valence-corrected chi connectivity index (χ0v) is 49.8. The summed E-state index contributed by atoms with van der Waals surface area (Å²) >= 11 is 0. The second-order valence-electron chi connectivity index (χ2n) is 22.8. The number of aliphatic hydroxyl groups is 2. The molecule has 0 bridgehead atoms. The molecule has 0 aliphatic heterocycles. The Morgan fingerprint density at radius 1 is 0.378 bits per heavy atom. The first kappa shape index (κ1) is 72.1. The summed E-state index contributed by atoms with van der Waals surface area (Å²) in [6.07, 6.45) is 80.7. The van der Waals surface area contributed by atoms with Crippen LogP contribution in [0.4, 0.5) is 0 Å². The summed E-state index contributed by atoms with van der Waals surface area (Å²) in [5.41, 5.74) is 0. The average Bonchev–Trinajstić information content (AvgIpc) is 3.40. The first-order valence-corrected chi connectivity index (χ1v) is 33.3. The quantitative estimate of drug-likeness (QED) is 0.0320. The number of unbranched alkanes of at least 4 members (excludes halogenated alkanes) is 47. The predicted octanol–water partition coefficient (Wildman–Crippen LogP) is 21.1. The lowest BCUT2D eigenvalue weighted by atomic mass is 10.0. The lowest BCUT2D eigenvalue weighted by Crippen LogP contribution is -2.45. The van der Waals surface area contributed by atoms with E-state index in [1.54, 1.807) is 6.08 Å². The van der Waals surface area contributed by atoms with Crippen molar-refractivity contribution < 1.29 is 24.5 Å². The van der Waals surface area contributed by atoms with Crippen molar-refractivity contribution in [2.24, 2.45) is 0 Å². The normalized spacial score (nSPS) is 12.8. The van der Waals surface area contributed by atoms with Crippen LogP contribution in [0.5, 0.6) is 0 Å². The van der Waals surface area contributed by atoms with E-state index in [4.69, 9.17) is 4.74 Å². The van der Waals surface area contributed by atoms with E-state index in [1.165, 1.54) is 289 Å². The molecule has 0 saturated heterocycles. The number of rotatable bonds is 62. The van der Waals surface area contributed by atoms with Crippen molar-refractivity contribution in [1.82, 2.24) is 5.32 Å². The van der Waals surface area contributed by atoms with Crippen LogP contribution in [0.1, 0.15) is 361 Å². The van der Waals surface area contributed by atoms with Crippen LogP contribution in [0, 0.1) is 0 Å². The maximum atomic E-state index is 12.5. The minimum absolute atomic E-state index is 0.0137. The van der Waals surface area contributed by atoms with Gasteiger partial charge in [0.15, 0.2) is 0 Å². The van der Waals surface area contributed by atoms with Crippen molar-refractivity contribution in [3.63, 3.8) is 0 Å². The molecule has 0 aromatic heterocycles. The van der Waals surface area contributed by atoms with Crippen molar-refractivity contribution in [2.75, 3.05) is 13.2 Å². The molecule has 2 atom stereocenters. The van der Waals surface area contributed by atoms with E-state index in [0.29, 0.717) is 19.4 Å². The minimum Gasteiger partial charge on any atom is -0.466 e. The highest BCUT2D eigenvalue weighted by molar-refractivity contribution is 5.76. The summed E-state index contributed by atoms with van der Waals surface area (Å²) in [5, 5.41) is 23.1. The SMILES string of the molecule is CCCCCCCCCCCCC/C=C/C(O)C(CO)NC(=O)CCCCCCCCCCCCCCCCCCC/C=C\C/C=C\CCCCCCCCCCCOC(=O)CCCCCCCCCCCCC. The highest BCUT2D eigenvalue weighted by Gasteiger charge is 2.18. The molecule has 6 heteroatoms. The third-order valence-electron chi connectivity index (χ3n) is 15.4. The molecular weight excluding hydrogens is 911 g/mol. The fraction of sp³-hybridized carbons (Fsp3) is 0.882. The molecule has 3 N–H and O–H groups in total. The van der Waals surface area contributed by atoms with Gasteiger partial charge in [0.25, 0.3) is 0 Å². The predicted molar refractivity (Wildman–Crippen MR) is 324 cm³/mol. The standard InChI is InChI=1S/C68H129NO5/c1-3-5-7-9-11-13-15-37-41-44-48-52-56-60-66(71)65(64-70)69-67(72)61-57-53-49-45-42-38-35-33-31-29-27-25-23-21-19-17-16-18-20-22-24-26-28-30-32-34-36-39-43-47-51-55-59-63-74-68(73)62-58-54-50-46-40-14-12-10-8-6-4-2/h20,22,26,28,56,60,65-66,70-71H,3-19,21,23-25,27,29-55,57-59,61-64H2,1-2H3,(H,69,72)/b22-20-,28-26-,60-56+. The molecule has 0 rings (SSSR count). The van der Waals surface area contributed by atoms with Gasteiger partial charge in [-0.2, -0.15) is 0 Å². The van der Waals surface area contributed by atoms with Crippen molar-refractivity contribution in [2.45, 2.75) is 373 Å². The van der Waals surface area contributed by atoms with Crippen LogP contribution < -0.4 is 5.32 Å². The molecule has 0 aromatic carbocycles. The van der Waals surface area contributed by atoms with E-state index in [2.05, 4.69) is 43.5 Å². The second kappa shape index (κ2) is 63.6. The van der Waals surface area contributed by atoms with Crippen molar-refractivity contribution in [1.29, 1.82) is 0 Å². The van der Waals surface area contributed by atoms with Crippen LogP contribution in [0.2, 0.25) is 0 Å². The third kappa shape index (κ3) is 59.3. The summed E-state index contributed by atoms with van der Waals surface area (Å²) in [6, 6.07) is -0.625. The number of hydrogen-bond acceptors (Lipinski definition) is 5. The maximum Gasteiger partial charge on any atom is 0.305 e. The van der Waals surface area contributed by atoms with E-state index in [1.807, 2.05) is 6.08 Å². The number of nitrogens with one attached hydrogen (secondary N) is 1. The summed E-state index contributed by atoms with van der Waals surface area (Å²) in [4.78, 5) is 24.5. The van der Waals surface area contributed by atoms with Gasteiger partial charge < -0.3 is 20.3 Å². The molecule has 0 aliphatic carbocycles. The Morgan fingerprint density at radius 2 is 0.676 bits per heavy atom. The molecule has 0 spiro atoms. The fourth-order valence-corrected chi connectivity index (χ4v) is 10.3. The molecule has 0 aliphatic rings. The monoisotopic (exact) mass is 1040 g/mol. The van der Waals surface area contributed by atoms with Crippen LogP contribution >= 0.6 is 0 Å². The van der Waals surface area contributed by atoms with Crippen molar-refractivity contribution in [3.8, 4) is 0 Å². The zero-order chi connectivity index (χ0) is 53.6. The highest BCUT2D eigenvalue weighted by Crippen LogP contribution is 2.18. The van der Waals surface area contributed by atoms with Gasteiger partial charge in [-0.3, -0.25) is 9.59 Å². The largest absolute Gasteiger partial charge is 0.466 e. The van der Waals surface area contributed by atoms with Crippen molar-refractivity contribution >= 4 is 11.9 Å². The van der Waals surface area contributed by atoms with E-state index >= 15 is 0 Å². The number of aliphatic hydroxyl groups excluding tert-OH is 2. The van der Waals surface area contributed by atoms with Gasteiger partial charge in [-0.1, -0.05) is 320 Å². The molecule has 0 saturated carbocycles. The van der Waals surface area contributed by atoms with Gasteiger partial charge in [0, 0.05) is 12.8 Å². The van der Waals surface area contributed by atoms with Gasteiger partial charge in [0.2, 0.25) is 5.91 Å². The van der Waals surface area contributed by atoms with Crippen LogP contribution in [0.3, 0.4) is 0 Å². The number of allylic oxidation sites excluding steroid dienone is 5. The number of hydrogen-bond donors (Lipinski definition) is 3. The number of carbonyl (C=O) groups excluding carboxylic acids is 2. The van der Waals surface area contributed by atoms with Gasteiger partial charge in [-0.25, -0.2) is 0 Å². The molecule has 2 unspecified atom stereocenters. The van der Waals surface area contributed by atoms with Gasteiger partial charge >= 0.3 is 5.97 Å². The van der Waals surface area contributed by atoms with E-state index in [9.17, 15) is 19.8 Å².